The second kappa shape index (κ2) is 51.0. The number of hydrogen-bond donors (Lipinski definition) is 5. The van der Waals surface area contributed by atoms with E-state index in [9.17, 15) is 28.8 Å². The van der Waals surface area contributed by atoms with Gasteiger partial charge in [0.2, 0.25) is 17.7 Å². The average molecular weight is 1650 g/mol. The molecule has 2 aliphatic heterocycles. The molecule has 0 spiro atoms. The van der Waals surface area contributed by atoms with E-state index in [0.717, 1.165) is 93.1 Å². The molecule has 2 saturated heterocycles. The fourth-order valence-electron chi connectivity index (χ4n) is 12.1. The summed E-state index contributed by atoms with van der Waals surface area (Å²) in [5.74, 6) is 1.32. The molecule has 3 aromatic heterocycles. The number of aliphatic carboxylic acids is 1. The van der Waals surface area contributed by atoms with Crippen molar-refractivity contribution in [1.29, 1.82) is 0 Å². The molecule has 2 amide bonds. The van der Waals surface area contributed by atoms with E-state index in [-0.39, 0.29) is 128 Å². The quantitative estimate of drug-likeness (QED) is 0.0225. The summed E-state index contributed by atoms with van der Waals surface area (Å²) in [4.78, 5) is 81.5. The van der Waals surface area contributed by atoms with E-state index in [1.807, 2.05) is 146 Å². The topological polar surface area (TPSA) is 366 Å². The Kier molecular flexibility index (Phi) is 41.3. The second-order valence-corrected chi connectivity index (χ2v) is 28.2. The number of nitrogens with zero attached hydrogens (tertiary/aromatic N) is 3. The summed E-state index contributed by atoms with van der Waals surface area (Å²) in [6.45, 7) is 21.5. The molecule has 9 aromatic carbocycles. The second-order valence-electron chi connectivity index (χ2n) is 28.2. The summed E-state index contributed by atoms with van der Waals surface area (Å²) in [7, 11) is 0. The number of aromatic carboxylic acids is 1. The minimum atomic E-state index is -0.953. The van der Waals surface area contributed by atoms with Crippen LogP contribution in [0.1, 0.15) is 166 Å². The number of esters is 2. The van der Waals surface area contributed by atoms with E-state index in [0.29, 0.717) is 72.2 Å². The molecule has 630 valence electrons. The maximum Gasteiger partial charge on any atom is 1.00 e. The number of rotatable bonds is 28. The molecule has 2 fully saturated rings. The first-order valence-electron chi connectivity index (χ1n) is 39.5. The minimum absolute atomic E-state index is 0. The molecule has 0 radical (unpaired) electrons. The van der Waals surface area contributed by atoms with E-state index in [1.54, 1.807) is 86.6 Å². The number of halogens is 1. The van der Waals surface area contributed by atoms with Gasteiger partial charge in [0.05, 0.1) is 38.0 Å². The van der Waals surface area contributed by atoms with Crippen molar-refractivity contribution in [2.75, 3.05) is 59.3 Å². The molecule has 0 bridgehead atoms. The summed E-state index contributed by atoms with van der Waals surface area (Å²) >= 11 is 0. The van der Waals surface area contributed by atoms with Crippen LogP contribution in [0.4, 0.5) is 0 Å². The zero-order chi connectivity index (χ0) is 83.4. The number of carbonyl (C=O) groups excluding carboxylic acids is 4. The molecule has 3 atom stereocenters. The predicted octanol–water partition coefficient (Wildman–Crippen LogP) is 16.1. The van der Waals surface area contributed by atoms with Gasteiger partial charge in [-0.2, -0.15) is 0 Å². The molecule has 27 heteroatoms. The first-order valence-corrected chi connectivity index (χ1v) is 39.5. The van der Waals surface area contributed by atoms with Crippen molar-refractivity contribution < 1.29 is 110 Å². The standard InChI is InChI=1S/C29H30N2O5.C27H26N2O5.C24H21NO4.C5H11NO2.2C4H8O.ClH.Li.H2O/c1-4-34-26(32)17-18-30-28(33)21-13-15-23(16-14-21)35-27(19(2)3)20-9-11-22(12-10-20)29-31-24-7-5-6-8-25(24)36-29;1-17(2)25(33-21-13-11-19(12-14-21)26(32)28-16-15-24(30)31)18-7-9-20(10-8-18)27-29-22-5-3-4-6-23(22)34-27;1-15(2)22(28-19-13-11-18(12-14-19)24(26)27)16-7-9-17(10-8-16)23-25-20-5-3-4-6-21(20)29-23;1-2-8-5(7)3-4-6;2*1-2-4-5-3-1;;;/h5-16,19,27H,4,17-18H2,1-3H3,(H,30,33);3-14,17,25H,15-16H2,1-2H3,(H,28,32)(H,30,31);3-15,22H,1-2H3,(H,26,27);2-4,6H2,1H3;2*1-4H2;1H;;1H2/q;;;;;;;+1;/p-1. The first-order chi connectivity index (χ1) is 56.7. The summed E-state index contributed by atoms with van der Waals surface area (Å²) in [6, 6.07) is 67.3. The van der Waals surface area contributed by atoms with Gasteiger partial charge >= 0.3 is 42.7 Å². The van der Waals surface area contributed by atoms with E-state index in [1.165, 1.54) is 25.7 Å². The van der Waals surface area contributed by atoms with Crippen molar-refractivity contribution in [3.8, 4) is 51.6 Å². The van der Waals surface area contributed by atoms with Gasteiger partial charge in [-0.05, 0) is 220 Å². The number of carboxylic acids is 2. The van der Waals surface area contributed by atoms with Crippen LogP contribution >= 0.6 is 12.4 Å². The smallest absolute Gasteiger partial charge is 0.870 e. The van der Waals surface area contributed by atoms with Gasteiger partial charge in [-0.15, -0.1) is 12.4 Å². The number of carbonyl (C=O) groups is 6. The van der Waals surface area contributed by atoms with Crippen LogP contribution in [-0.2, 0) is 33.3 Å². The van der Waals surface area contributed by atoms with Crippen LogP contribution in [0.15, 0.2) is 232 Å². The van der Waals surface area contributed by atoms with Gasteiger partial charge in [-0.25, -0.2) is 19.7 Å². The van der Waals surface area contributed by atoms with Crippen molar-refractivity contribution >= 4 is 81.4 Å². The Morgan fingerprint density at radius 2 is 0.700 bits per heavy atom. The Hall–Kier alpha value is -11.7. The number of carboxylic acid groups (broad SMARTS) is 2. The SMILES string of the molecule is C1CCOC1.C1CCOC1.CC(C)C(Oc1ccc(C(=O)NCCC(=O)O)cc1)c1ccc(-c2nc3ccccc3o2)cc1.CC(C)C(Oc1ccc(C(=O)O)cc1)c1ccc(-c2nc3ccccc3o2)cc1.CCOC(=O)CCN.CCOC(=O)CCNC(=O)c1ccc(OC(c2ccc(-c3nc4ccccc4o3)cc2)C(C)C)cc1.Cl.[Li+].[OH-]. The minimum Gasteiger partial charge on any atom is -0.870 e. The van der Waals surface area contributed by atoms with Crippen molar-refractivity contribution in [2.24, 2.45) is 23.5 Å². The van der Waals surface area contributed by atoms with Gasteiger partial charge < -0.3 is 78.5 Å². The van der Waals surface area contributed by atoms with Crippen molar-refractivity contribution in [2.45, 2.75) is 119 Å². The molecule has 14 rings (SSSR count). The maximum absolute atomic E-state index is 12.3. The first kappa shape index (κ1) is 97.2. The maximum atomic E-state index is 12.3. The molecule has 5 heterocycles. The van der Waals surface area contributed by atoms with Crippen LogP contribution in [-0.4, -0.2) is 126 Å². The van der Waals surface area contributed by atoms with Gasteiger partial charge in [0, 0.05) is 73.9 Å². The number of para-hydroxylation sites is 6. The number of ether oxygens (including phenoxy) is 7. The third-order valence-electron chi connectivity index (χ3n) is 18.1. The Morgan fingerprint density at radius 1 is 0.408 bits per heavy atom. The monoisotopic (exact) mass is 1650 g/mol. The molecule has 2 aliphatic rings. The fraction of sp³-hybridized carbons (Fsp3) is 0.323. The van der Waals surface area contributed by atoms with Crippen LogP contribution in [0.5, 0.6) is 17.2 Å². The van der Waals surface area contributed by atoms with Crippen LogP contribution in [0, 0.1) is 17.8 Å². The predicted molar refractivity (Wildman–Crippen MR) is 457 cm³/mol. The third-order valence-corrected chi connectivity index (χ3v) is 18.1. The number of nitrogens with two attached hydrogens (primary N) is 1. The van der Waals surface area contributed by atoms with Gasteiger partial charge in [0.25, 0.3) is 11.8 Å². The zero-order valence-electron chi connectivity index (χ0n) is 69.3. The normalized spacial score (nSPS) is 12.5. The summed E-state index contributed by atoms with van der Waals surface area (Å²) in [6.07, 6.45) is 4.94. The van der Waals surface area contributed by atoms with Crippen molar-refractivity contribution in [3.63, 3.8) is 0 Å². The van der Waals surface area contributed by atoms with E-state index >= 15 is 0 Å². The molecule has 120 heavy (non-hydrogen) atoms. The third kappa shape index (κ3) is 30.6. The van der Waals surface area contributed by atoms with E-state index < -0.39 is 11.9 Å². The van der Waals surface area contributed by atoms with Gasteiger partial charge in [0.15, 0.2) is 16.7 Å². The van der Waals surface area contributed by atoms with Crippen LogP contribution in [0.25, 0.3) is 67.7 Å². The molecule has 25 nitrogen and oxygen atoms in total. The van der Waals surface area contributed by atoms with Crippen molar-refractivity contribution in [3.05, 3.63) is 252 Å². The summed E-state index contributed by atoms with van der Waals surface area (Å²) in [5, 5.41) is 23.0. The van der Waals surface area contributed by atoms with Crippen molar-refractivity contribution in [1.82, 2.24) is 25.6 Å². The van der Waals surface area contributed by atoms with Gasteiger partial charge in [-0.3, -0.25) is 24.0 Å². The number of amides is 2. The number of benzene rings is 9. The van der Waals surface area contributed by atoms with Gasteiger partial charge in [0.1, 0.15) is 52.1 Å². The largest absolute Gasteiger partial charge is 1.00 e. The van der Waals surface area contributed by atoms with Crippen LogP contribution < -0.4 is 49.4 Å². The molecule has 0 aliphatic carbocycles. The van der Waals surface area contributed by atoms with E-state index in [2.05, 4.69) is 71.9 Å². The summed E-state index contributed by atoms with van der Waals surface area (Å²) < 4.78 is 55.6. The fourth-order valence-corrected chi connectivity index (χ4v) is 12.1. The van der Waals surface area contributed by atoms with Crippen LogP contribution in [0.2, 0.25) is 0 Å². The van der Waals surface area contributed by atoms with E-state index in [4.69, 9.17) is 57.6 Å². The molecule has 3 unspecified atom stereocenters. The molecule has 12 aromatic rings. The Bertz CT molecular complexity index is 4940. The number of aromatic nitrogens is 3. The Balaban J connectivity index is 0.000000249. The zero-order valence-corrected chi connectivity index (χ0v) is 70.1. The molecule has 7 N–H and O–H groups in total. The molecular weight excluding hydrogens is 1550 g/mol. The molecule has 0 saturated carbocycles. The Morgan fingerprint density at radius 3 is 0.958 bits per heavy atom. The Labute approximate surface area is 717 Å². The number of fused-ring (bicyclic) bond motifs is 3. The van der Waals surface area contributed by atoms with Crippen LogP contribution in [0.3, 0.4) is 0 Å². The summed E-state index contributed by atoms with van der Waals surface area (Å²) in [5.41, 5.74) is 16.8. The molecular formula is C93H106ClLiN6O19. The van der Waals surface area contributed by atoms with Gasteiger partial charge in [-0.1, -0.05) is 114 Å². The number of oxazole rings is 3. The number of nitrogens with one attached hydrogen (secondary N) is 2. The number of hydrogen-bond acceptors (Lipinski definition) is 21. The average Bonchev–Trinajstić information content (AvgIpc) is 1.79.